The number of aliphatic carboxylic acids is 1. The van der Waals surface area contributed by atoms with Gasteiger partial charge in [-0.1, -0.05) is 36.4 Å². The summed E-state index contributed by atoms with van der Waals surface area (Å²) in [7, 11) is 0. The van der Waals surface area contributed by atoms with Gasteiger partial charge in [0.1, 0.15) is 17.9 Å². The molecule has 0 radical (unpaired) electrons. The van der Waals surface area contributed by atoms with Crippen molar-refractivity contribution in [3.63, 3.8) is 0 Å². The van der Waals surface area contributed by atoms with Gasteiger partial charge in [-0.05, 0) is 49.1 Å². The van der Waals surface area contributed by atoms with Crippen LogP contribution in [0.25, 0.3) is 17.0 Å². The number of rotatable bonds is 7. The quantitative estimate of drug-likeness (QED) is 0.603. The van der Waals surface area contributed by atoms with E-state index in [1.54, 1.807) is 19.1 Å². The Kier molecular flexibility index (Phi) is 5.71. The summed E-state index contributed by atoms with van der Waals surface area (Å²) in [5, 5.41) is 11.4. The fourth-order valence-electron chi connectivity index (χ4n) is 2.87. The SMILES string of the molecule is Cc1c(CCC(=O)[O-])c(=O)oc2cc(OC/C=C/c3ccccc3)ccc12. The Bertz CT molecular complexity index is 1030. The highest BCUT2D eigenvalue weighted by atomic mass is 16.5. The molecule has 5 heteroatoms. The van der Waals surface area contributed by atoms with Crippen LogP contribution in [0.15, 0.2) is 63.8 Å². The maximum Gasteiger partial charge on any atom is 0.339 e. The van der Waals surface area contributed by atoms with Gasteiger partial charge in [-0.15, -0.1) is 0 Å². The van der Waals surface area contributed by atoms with Crippen LogP contribution in [0, 0.1) is 6.92 Å². The number of fused-ring (bicyclic) bond motifs is 1. The number of hydrogen-bond donors (Lipinski definition) is 0. The second-order valence-corrected chi connectivity index (χ2v) is 6.15. The molecule has 0 N–H and O–H groups in total. The summed E-state index contributed by atoms with van der Waals surface area (Å²) in [6.07, 6.45) is 3.75. The number of carboxylic acid groups (broad SMARTS) is 1. The summed E-state index contributed by atoms with van der Waals surface area (Å²) >= 11 is 0. The van der Waals surface area contributed by atoms with Gasteiger partial charge >= 0.3 is 5.63 Å². The summed E-state index contributed by atoms with van der Waals surface area (Å²) in [5.74, 6) is -0.605. The maximum absolute atomic E-state index is 12.2. The molecule has 0 aliphatic heterocycles. The maximum atomic E-state index is 12.2. The van der Waals surface area contributed by atoms with Crippen LogP contribution >= 0.6 is 0 Å². The highest BCUT2D eigenvalue weighted by Gasteiger charge is 2.12. The molecule has 0 amide bonds. The van der Waals surface area contributed by atoms with Crippen LogP contribution in [0.1, 0.15) is 23.1 Å². The Morgan fingerprint density at radius 1 is 1.19 bits per heavy atom. The second-order valence-electron chi connectivity index (χ2n) is 6.15. The van der Waals surface area contributed by atoms with Crippen LogP contribution in [0.2, 0.25) is 0 Å². The smallest absolute Gasteiger partial charge is 0.339 e. The van der Waals surface area contributed by atoms with E-state index in [9.17, 15) is 14.7 Å². The molecule has 3 rings (SSSR count). The molecule has 0 atom stereocenters. The molecule has 3 aromatic rings. The Balaban J connectivity index is 1.75. The number of aryl methyl sites for hydroxylation is 1. The van der Waals surface area contributed by atoms with E-state index in [2.05, 4.69) is 0 Å². The first-order chi connectivity index (χ1) is 13.0. The van der Waals surface area contributed by atoms with Crippen molar-refractivity contribution in [2.75, 3.05) is 6.61 Å². The minimum absolute atomic E-state index is 0.0922. The molecule has 0 bridgehead atoms. The summed E-state index contributed by atoms with van der Waals surface area (Å²) in [4.78, 5) is 22.8. The largest absolute Gasteiger partial charge is 0.550 e. The zero-order valence-electron chi connectivity index (χ0n) is 14.9. The van der Waals surface area contributed by atoms with Crippen molar-refractivity contribution in [2.24, 2.45) is 0 Å². The van der Waals surface area contributed by atoms with Crippen LogP contribution in [0.5, 0.6) is 5.75 Å². The monoisotopic (exact) mass is 363 g/mol. The predicted molar refractivity (Wildman–Crippen MR) is 102 cm³/mol. The van der Waals surface area contributed by atoms with Crippen molar-refractivity contribution in [3.05, 3.63) is 81.7 Å². The van der Waals surface area contributed by atoms with Gasteiger partial charge in [-0.3, -0.25) is 0 Å². The van der Waals surface area contributed by atoms with Gasteiger partial charge in [0.05, 0.1) is 0 Å². The molecule has 0 aliphatic carbocycles. The second kappa shape index (κ2) is 8.36. The average Bonchev–Trinajstić information content (AvgIpc) is 2.65. The van der Waals surface area contributed by atoms with Crippen molar-refractivity contribution in [1.82, 2.24) is 0 Å². The highest BCUT2D eigenvalue weighted by molar-refractivity contribution is 5.82. The standard InChI is InChI=1S/C22H20O5/c1-15-18-10-9-17(26-13-5-8-16-6-3-2-4-7-16)14-20(18)27-22(25)19(15)11-12-21(23)24/h2-10,14H,11-13H2,1H3,(H,23,24)/p-1/b8-5+. The molecule has 1 aromatic heterocycles. The lowest BCUT2D eigenvalue weighted by Crippen LogP contribution is -2.24. The molecule has 0 unspecified atom stereocenters. The third kappa shape index (κ3) is 4.64. The van der Waals surface area contributed by atoms with Crippen LogP contribution < -0.4 is 15.5 Å². The van der Waals surface area contributed by atoms with E-state index in [0.717, 1.165) is 16.5 Å². The van der Waals surface area contributed by atoms with Crippen LogP contribution in [-0.2, 0) is 11.2 Å². The fourth-order valence-corrected chi connectivity index (χ4v) is 2.87. The van der Waals surface area contributed by atoms with E-state index < -0.39 is 11.6 Å². The van der Waals surface area contributed by atoms with Gasteiger partial charge in [0.15, 0.2) is 0 Å². The molecule has 5 nitrogen and oxygen atoms in total. The lowest BCUT2D eigenvalue weighted by atomic mass is 10.0. The summed E-state index contributed by atoms with van der Waals surface area (Å²) in [6.45, 7) is 2.17. The molecule has 0 fully saturated rings. The molecule has 2 aromatic carbocycles. The van der Waals surface area contributed by atoms with Crippen molar-refractivity contribution >= 4 is 23.0 Å². The van der Waals surface area contributed by atoms with Crippen LogP contribution in [0.3, 0.4) is 0 Å². The minimum Gasteiger partial charge on any atom is -0.550 e. The lowest BCUT2D eigenvalue weighted by molar-refractivity contribution is -0.305. The lowest BCUT2D eigenvalue weighted by Gasteiger charge is -2.09. The van der Waals surface area contributed by atoms with Gasteiger partial charge in [0.2, 0.25) is 0 Å². The third-order valence-electron chi connectivity index (χ3n) is 4.29. The van der Waals surface area contributed by atoms with Gasteiger partial charge < -0.3 is 19.1 Å². The molecule has 0 spiro atoms. The Morgan fingerprint density at radius 2 is 1.96 bits per heavy atom. The minimum atomic E-state index is -1.19. The average molecular weight is 363 g/mol. The first kappa shape index (κ1) is 18.5. The fraction of sp³-hybridized carbons (Fsp3) is 0.182. The van der Waals surface area contributed by atoms with Gasteiger partial charge in [-0.2, -0.15) is 0 Å². The molecule has 0 saturated heterocycles. The summed E-state index contributed by atoms with van der Waals surface area (Å²) in [6, 6.07) is 15.2. The van der Waals surface area contributed by atoms with E-state index in [-0.39, 0.29) is 12.8 Å². The Labute approximate surface area is 156 Å². The van der Waals surface area contributed by atoms with Crippen molar-refractivity contribution < 1.29 is 19.1 Å². The molecule has 138 valence electrons. The van der Waals surface area contributed by atoms with Crippen molar-refractivity contribution in [1.29, 1.82) is 0 Å². The molecular formula is C22H19O5-. The summed E-state index contributed by atoms with van der Waals surface area (Å²) < 4.78 is 11.0. The first-order valence-corrected chi connectivity index (χ1v) is 8.65. The zero-order chi connectivity index (χ0) is 19.2. The number of carbonyl (C=O) groups excluding carboxylic acids is 1. The van der Waals surface area contributed by atoms with E-state index in [0.29, 0.717) is 23.5 Å². The number of carbonyl (C=O) groups is 1. The highest BCUT2D eigenvalue weighted by Crippen LogP contribution is 2.24. The van der Waals surface area contributed by atoms with Crippen molar-refractivity contribution in [2.45, 2.75) is 19.8 Å². The van der Waals surface area contributed by atoms with E-state index in [1.165, 1.54) is 0 Å². The van der Waals surface area contributed by atoms with E-state index in [4.69, 9.17) is 9.15 Å². The topological polar surface area (TPSA) is 79.6 Å². The normalized spacial score (nSPS) is 11.1. The van der Waals surface area contributed by atoms with E-state index in [1.807, 2.05) is 48.6 Å². The molecule has 0 aliphatic rings. The number of hydrogen-bond acceptors (Lipinski definition) is 5. The van der Waals surface area contributed by atoms with Crippen LogP contribution in [-0.4, -0.2) is 12.6 Å². The Morgan fingerprint density at radius 3 is 2.70 bits per heavy atom. The third-order valence-corrected chi connectivity index (χ3v) is 4.29. The van der Waals surface area contributed by atoms with Crippen LogP contribution in [0.4, 0.5) is 0 Å². The molecule has 0 saturated carbocycles. The first-order valence-electron chi connectivity index (χ1n) is 8.65. The van der Waals surface area contributed by atoms with Crippen molar-refractivity contribution in [3.8, 4) is 5.75 Å². The Hall–Kier alpha value is -3.34. The van der Waals surface area contributed by atoms with Gasteiger partial charge in [0, 0.05) is 23.0 Å². The summed E-state index contributed by atoms with van der Waals surface area (Å²) in [5.41, 5.74) is 2.07. The number of ether oxygens (including phenoxy) is 1. The predicted octanol–water partition coefficient (Wildman–Crippen LogP) is 2.88. The number of carboxylic acids is 1. The zero-order valence-corrected chi connectivity index (χ0v) is 14.9. The van der Waals surface area contributed by atoms with E-state index >= 15 is 0 Å². The molecule has 1 heterocycles. The molecule has 27 heavy (non-hydrogen) atoms. The van der Waals surface area contributed by atoms with Gasteiger partial charge in [0.25, 0.3) is 0 Å². The number of benzene rings is 2. The van der Waals surface area contributed by atoms with Gasteiger partial charge in [-0.25, -0.2) is 4.79 Å². The molecular weight excluding hydrogens is 344 g/mol.